The van der Waals surface area contributed by atoms with Gasteiger partial charge in [0.05, 0.1) is 13.7 Å². The molecule has 1 aromatic carbocycles. The number of likely N-dealkylation sites (tertiary alicyclic amines) is 1. The average molecular weight is 303 g/mol. The van der Waals surface area contributed by atoms with Crippen molar-refractivity contribution in [1.82, 2.24) is 4.90 Å². The lowest BCUT2D eigenvalue weighted by molar-refractivity contribution is -0.140. The Labute approximate surface area is 128 Å². The smallest absolute Gasteiger partial charge is 0.303 e. The Hall–Kier alpha value is -2.63. The van der Waals surface area contributed by atoms with E-state index in [2.05, 4.69) is 0 Å². The van der Waals surface area contributed by atoms with Crippen LogP contribution in [0.25, 0.3) is 6.08 Å². The van der Waals surface area contributed by atoms with Crippen molar-refractivity contribution in [3.63, 3.8) is 0 Å². The van der Waals surface area contributed by atoms with Gasteiger partial charge in [-0.25, -0.2) is 0 Å². The monoisotopic (exact) mass is 303 g/mol. The number of ether oxygens (including phenoxy) is 1. The number of rotatable bonds is 6. The predicted molar refractivity (Wildman–Crippen MR) is 79.4 cm³/mol. The van der Waals surface area contributed by atoms with Gasteiger partial charge in [0.15, 0.2) is 0 Å². The molecule has 1 N–H and O–H groups in total. The van der Waals surface area contributed by atoms with Crippen molar-refractivity contribution in [2.45, 2.75) is 12.8 Å². The van der Waals surface area contributed by atoms with Gasteiger partial charge in [-0.3, -0.25) is 14.4 Å². The van der Waals surface area contributed by atoms with Gasteiger partial charge in [0.25, 0.3) is 5.91 Å². The Bertz CT molecular complexity index is 618. The normalized spacial score (nSPS) is 16.4. The number of methoxy groups -OCH3 is 1. The van der Waals surface area contributed by atoms with Crippen LogP contribution in [0, 0.1) is 0 Å². The number of carboxylic acid groups (broad SMARTS) is 1. The zero-order valence-electron chi connectivity index (χ0n) is 12.2. The number of amides is 1. The summed E-state index contributed by atoms with van der Waals surface area (Å²) in [5, 5.41) is 8.60. The van der Waals surface area contributed by atoms with E-state index in [1.54, 1.807) is 37.5 Å². The summed E-state index contributed by atoms with van der Waals surface area (Å²) < 4.78 is 5.06. The molecule has 6 heteroatoms. The molecule has 1 saturated heterocycles. The van der Waals surface area contributed by atoms with Crippen molar-refractivity contribution in [3.05, 3.63) is 35.4 Å². The van der Waals surface area contributed by atoms with E-state index in [1.807, 2.05) is 0 Å². The number of benzene rings is 1. The van der Waals surface area contributed by atoms with E-state index in [0.29, 0.717) is 17.7 Å². The first-order valence-corrected chi connectivity index (χ1v) is 6.91. The SMILES string of the molecule is COc1ccc(/C=C2/CN(CCCC(=O)O)C(=O)C2=O)cc1. The zero-order chi connectivity index (χ0) is 16.1. The minimum atomic E-state index is -0.910. The predicted octanol–water partition coefficient (Wildman–Crippen LogP) is 1.35. The number of aliphatic carboxylic acids is 1. The summed E-state index contributed by atoms with van der Waals surface area (Å²) in [6, 6.07) is 7.16. The molecular formula is C16H17NO5. The van der Waals surface area contributed by atoms with Gasteiger partial charge in [-0.15, -0.1) is 0 Å². The Kier molecular flexibility index (Phi) is 4.93. The van der Waals surface area contributed by atoms with Crippen molar-refractivity contribution < 1.29 is 24.2 Å². The van der Waals surface area contributed by atoms with Crippen LogP contribution in [0.2, 0.25) is 0 Å². The Balaban J connectivity index is 2.05. The third kappa shape index (κ3) is 3.72. The van der Waals surface area contributed by atoms with Crippen LogP contribution in [0.15, 0.2) is 29.8 Å². The van der Waals surface area contributed by atoms with Crippen molar-refractivity contribution in [2.75, 3.05) is 20.2 Å². The lowest BCUT2D eigenvalue weighted by Gasteiger charge is -2.12. The largest absolute Gasteiger partial charge is 0.497 e. The summed E-state index contributed by atoms with van der Waals surface area (Å²) in [7, 11) is 1.57. The van der Waals surface area contributed by atoms with Gasteiger partial charge in [-0.05, 0) is 30.2 Å². The minimum absolute atomic E-state index is 0.0184. The van der Waals surface area contributed by atoms with E-state index >= 15 is 0 Å². The number of carboxylic acids is 1. The van der Waals surface area contributed by atoms with Crippen LogP contribution in [0.4, 0.5) is 0 Å². The van der Waals surface area contributed by atoms with Gasteiger partial charge in [0.2, 0.25) is 5.78 Å². The third-order valence-electron chi connectivity index (χ3n) is 3.41. The summed E-state index contributed by atoms with van der Waals surface area (Å²) in [6.45, 7) is 0.500. The number of Topliss-reactive ketones (excluding diaryl/α,β-unsaturated/α-hetero) is 1. The molecule has 0 spiro atoms. The second-order valence-electron chi connectivity index (χ2n) is 5.00. The standard InChI is InChI=1S/C16H17NO5/c1-22-13-6-4-11(5-7-13)9-12-10-17(16(21)15(12)20)8-2-3-14(18)19/h4-7,9H,2-3,8,10H2,1H3,(H,18,19)/b12-9-. The molecule has 116 valence electrons. The van der Waals surface area contributed by atoms with E-state index in [9.17, 15) is 14.4 Å². The van der Waals surface area contributed by atoms with Crippen LogP contribution in [0.1, 0.15) is 18.4 Å². The molecule has 1 heterocycles. The summed E-state index contributed by atoms with van der Waals surface area (Å²) in [5.41, 5.74) is 1.23. The van der Waals surface area contributed by atoms with E-state index < -0.39 is 17.7 Å². The molecule has 1 fully saturated rings. The Morgan fingerprint density at radius 1 is 1.32 bits per heavy atom. The molecule has 0 unspecified atom stereocenters. The second kappa shape index (κ2) is 6.89. The van der Waals surface area contributed by atoms with Crippen LogP contribution in [0.3, 0.4) is 0 Å². The summed E-state index contributed by atoms with van der Waals surface area (Å²) in [4.78, 5) is 35.7. The van der Waals surface area contributed by atoms with Crippen LogP contribution in [-0.4, -0.2) is 47.9 Å². The number of hydrogen-bond acceptors (Lipinski definition) is 4. The molecule has 0 radical (unpaired) electrons. The molecule has 1 aliphatic rings. The fourth-order valence-electron chi connectivity index (χ4n) is 2.24. The van der Waals surface area contributed by atoms with Gasteiger partial charge < -0.3 is 14.7 Å². The molecule has 1 amide bonds. The van der Waals surface area contributed by atoms with E-state index in [-0.39, 0.29) is 19.5 Å². The highest BCUT2D eigenvalue weighted by atomic mass is 16.5. The fourth-order valence-corrected chi connectivity index (χ4v) is 2.24. The van der Waals surface area contributed by atoms with Crippen molar-refractivity contribution in [2.24, 2.45) is 0 Å². The lowest BCUT2D eigenvalue weighted by atomic mass is 10.1. The molecule has 2 rings (SSSR count). The van der Waals surface area contributed by atoms with E-state index in [4.69, 9.17) is 9.84 Å². The Morgan fingerprint density at radius 3 is 2.59 bits per heavy atom. The topological polar surface area (TPSA) is 83.9 Å². The Morgan fingerprint density at radius 2 is 2.00 bits per heavy atom. The molecule has 22 heavy (non-hydrogen) atoms. The molecule has 0 aliphatic carbocycles. The number of carbonyl (C=O) groups excluding carboxylic acids is 2. The summed E-state index contributed by atoms with van der Waals surface area (Å²) in [6.07, 6.45) is 2.00. The van der Waals surface area contributed by atoms with Crippen molar-refractivity contribution in [3.8, 4) is 5.75 Å². The van der Waals surface area contributed by atoms with Gasteiger partial charge in [0.1, 0.15) is 5.75 Å². The fraction of sp³-hybridized carbons (Fsp3) is 0.312. The summed E-state index contributed by atoms with van der Waals surface area (Å²) >= 11 is 0. The van der Waals surface area contributed by atoms with Gasteiger partial charge >= 0.3 is 5.97 Å². The van der Waals surface area contributed by atoms with Crippen molar-refractivity contribution in [1.29, 1.82) is 0 Å². The second-order valence-corrected chi connectivity index (χ2v) is 5.00. The molecule has 1 aliphatic heterocycles. The van der Waals surface area contributed by atoms with E-state index in [0.717, 1.165) is 5.56 Å². The van der Waals surface area contributed by atoms with Gasteiger partial charge in [0, 0.05) is 18.5 Å². The number of nitrogens with zero attached hydrogens (tertiary/aromatic N) is 1. The quantitative estimate of drug-likeness (QED) is 0.633. The molecule has 0 saturated carbocycles. The van der Waals surface area contributed by atoms with Crippen molar-refractivity contribution >= 4 is 23.7 Å². The van der Waals surface area contributed by atoms with Crippen LogP contribution >= 0.6 is 0 Å². The highest BCUT2D eigenvalue weighted by Crippen LogP contribution is 2.19. The molecule has 0 aromatic heterocycles. The zero-order valence-corrected chi connectivity index (χ0v) is 12.2. The maximum Gasteiger partial charge on any atom is 0.303 e. The van der Waals surface area contributed by atoms with Crippen LogP contribution in [0.5, 0.6) is 5.75 Å². The molecule has 1 aromatic rings. The first-order valence-electron chi connectivity index (χ1n) is 6.91. The molecular weight excluding hydrogens is 286 g/mol. The van der Waals surface area contributed by atoms with Gasteiger partial charge in [-0.1, -0.05) is 12.1 Å². The lowest BCUT2D eigenvalue weighted by Crippen LogP contribution is -2.28. The number of carbonyl (C=O) groups is 3. The first kappa shape index (κ1) is 15.8. The van der Waals surface area contributed by atoms with Crippen LogP contribution < -0.4 is 4.74 Å². The first-order chi connectivity index (χ1) is 10.5. The highest BCUT2D eigenvalue weighted by molar-refractivity contribution is 6.45. The molecule has 0 bridgehead atoms. The maximum atomic E-state index is 11.9. The maximum absolute atomic E-state index is 11.9. The van der Waals surface area contributed by atoms with E-state index in [1.165, 1.54) is 4.90 Å². The minimum Gasteiger partial charge on any atom is -0.497 e. The number of ketones is 1. The molecule has 6 nitrogen and oxygen atoms in total. The summed E-state index contributed by atoms with van der Waals surface area (Å²) in [5.74, 6) is -1.28. The average Bonchev–Trinajstić information content (AvgIpc) is 2.76. The van der Waals surface area contributed by atoms with Crippen LogP contribution in [-0.2, 0) is 14.4 Å². The highest BCUT2D eigenvalue weighted by Gasteiger charge is 2.33. The number of hydrogen-bond donors (Lipinski definition) is 1. The third-order valence-corrected chi connectivity index (χ3v) is 3.41. The van der Waals surface area contributed by atoms with Gasteiger partial charge in [-0.2, -0.15) is 0 Å². The molecule has 0 atom stereocenters.